The SMILES string of the molecule is Cn1cnc2cnc(Nc3cnn(CC4CCC4)c3)nc21. The van der Waals surface area contributed by atoms with Crippen molar-refractivity contribution in [2.45, 2.75) is 25.8 Å². The number of hydrogen-bond acceptors (Lipinski definition) is 5. The number of anilines is 2. The molecule has 3 heterocycles. The fourth-order valence-electron chi connectivity index (χ4n) is 2.58. The molecule has 7 nitrogen and oxygen atoms in total. The molecule has 108 valence electrons. The summed E-state index contributed by atoms with van der Waals surface area (Å²) >= 11 is 0. The van der Waals surface area contributed by atoms with E-state index in [0.717, 1.165) is 29.3 Å². The van der Waals surface area contributed by atoms with E-state index in [1.807, 2.05) is 28.7 Å². The molecule has 0 bridgehead atoms. The Bertz CT molecular complexity index is 769. The smallest absolute Gasteiger partial charge is 0.229 e. The Hall–Kier alpha value is -2.44. The van der Waals surface area contributed by atoms with Crippen LogP contribution >= 0.6 is 0 Å². The molecule has 21 heavy (non-hydrogen) atoms. The van der Waals surface area contributed by atoms with E-state index in [2.05, 4.69) is 25.4 Å². The molecule has 1 N–H and O–H groups in total. The first kappa shape index (κ1) is 12.3. The highest BCUT2D eigenvalue weighted by molar-refractivity contribution is 5.71. The van der Waals surface area contributed by atoms with Gasteiger partial charge in [-0.2, -0.15) is 10.1 Å². The van der Waals surface area contributed by atoms with Crippen molar-refractivity contribution in [3.63, 3.8) is 0 Å². The molecule has 3 aromatic rings. The topological polar surface area (TPSA) is 73.5 Å². The quantitative estimate of drug-likeness (QED) is 0.793. The third-order valence-corrected chi connectivity index (χ3v) is 4.01. The van der Waals surface area contributed by atoms with Crippen LogP contribution in [0.1, 0.15) is 19.3 Å². The number of nitrogens with one attached hydrogen (secondary N) is 1. The first-order chi connectivity index (χ1) is 10.3. The number of aromatic nitrogens is 6. The summed E-state index contributed by atoms with van der Waals surface area (Å²) in [6, 6.07) is 0. The molecule has 0 aromatic carbocycles. The molecule has 1 saturated carbocycles. The zero-order valence-corrected chi connectivity index (χ0v) is 11.9. The highest BCUT2D eigenvalue weighted by atomic mass is 15.3. The minimum atomic E-state index is 0.564. The molecule has 1 aliphatic rings. The van der Waals surface area contributed by atoms with E-state index in [9.17, 15) is 0 Å². The first-order valence-corrected chi connectivity index (χ1v) is 7.21. The van der Waals surface area contributed by atoms with Gasteiger partial charge in [-0.1, -0.05) is 6.42 Å². The van der Waals surface area contributed by atoms with Gasteiger partial charge in [-0.05, 0) is 18.8 Å². The van der Waals surface area contributed by atoms with Gasteiger partial charge < -0.3 is 9.88 Å². The monoisotopic (exact) mass is 283 g/mol. The van der Waals surface area contributed by atoms with Crippen LogP contribution in [-0.2, 0) is 13.6 Å². The number of hydrogen-bond donors (Lipinski definition) is 1. The molecule has 0 spiro atoms. The van der Waals surface area contributed by atoms with Crippen LogP contribution in [0.25, 0.3) is 11.2 Å². The summed E-state index contributed by atoms with van der Waals surface area (Å²) in [5, 5.41) is 7.58. The van der Waals surface area contributed by atoms with Gasteiger partial charge in [-0.15, -0.1) is 0 Å². The average molecular weight is 283 g/mol. The summed E-state index contributed by atoms with van der Waals surface area (Å²) in [6.07, 6.45) is 11.3. The molecule has 0 atom stereocenters. The van der Waals surface area contributed by atoms with Crippen LogP contribution in [0.4, 0.5) is 11.6 Å². The first-order valence-electron chi connectivity index (χ1n) is 7.21. The van der Waals surface area contributed by atoms with E-state index < -0.39 is 0 Å². The Labute approximate surface area is 122 Å². The van der Waals surface area contributed by atoms with E-state index in [4.69, 9.17) is 0 Å². The highest BCUT2D eigenvalue weighted by Crippen LogP contribution is 2.28. The van der Waals surface area contributed by atoms with E-state index in [-0.39, 0.29) is 0 Å². The number of aryl methyl sites for hydroxylation is 1. The highest BCUT2D eigenvalue weighted by Gasteiger charge is 2.18. The number of imidazole rings is 1. The normalized spacial score (nSPS) is 15.3. The maximum Gasteiger partial charge on any atom is 0.229 e. The summed E-state index contributed by atoms with van der Waals surface area (Å²) in [6.45, 7) is 1.00. The number of fused-ring (bicyclic) bond motifs is 1. The van der Waals surface area contributed by atoms with Crippen molar-refractivity contribution >= 4 is 22.8 Å². The molecule has 0 unspecified atom stereocenters. The Balaban J connectivity index is 1.52. The van der Waals surface area contributed by atoms with Crippen LogP contribution in [0, 0.1) is 5.92 Å². The van der Waals surface area contributed by atoms with E-state index in [1.165, 1.54) is 19.3 Å². The van der Waals surface area contributed by atoms with Gasteiger partial charge in [0.2, 0.25) is 5.95 Å². The molecule has 1 fully saturated rings. The van der Waals surface area contributed by atoms with Crippen molar-refractivity contribution in [2.24, 2.45) is 13.0 Å². The lowest BCUT2D eigenvalue weighted by Crippen LogP contribution is -2.18. The third kappa shape index (κ3) is 2.35. The molecule has 0 amide bonds. The van der Waals surface area contributed by atoms with Crippen molar-refractivity contribution in [1.82, 2.24) is 29.3 Å². The van der Waals surface area contributed by atoms with Crippen molar-refractivity contribution < 1.29 is 0 Å². The fraction of sp³-hybridized carbons (Fsp3) is 0.429. The lowest BCUT2D eigenvalue weighted by Gasteiger charge is -2.24. The van der Waals surface area contributed by atoms with Crippen LogP contribution in [-0.4, -0.2) is 29.3 Å². The van der Waals surface area contributed by atoms with Crippen molar-refractivity contribution in [3.05, 3.63) is 24.9 Å². The number of nitrogens with zero attached hydrogens (tertiary/aromatic N) is 6. The summed E-state index contributed by atoms with van der Waals surface area (Å²) in [5.74, 6) is 1.36. The largest absolute Gasteiger partial charge is 0.321 e. The predicted octanol–water partition coefficient (Wildman–Crippen LogP) is 2.10. The molecule has 0 saturated heterocycles. The Morgan fingerprint density at radius 3 is 3.00 bits per heavy atom. The lowest BCUT2D eigenvalue weighted by molar-refractivity contribution is 0.266. The van der Waals surface area contributed by atoms with Crippen LogP contribution in [0.2, 0.25) is 0 Å². The Morgan fingerprint density at radius 1 is 1.29 bits per heavy atom. The molecular formula is C14H17N7. The summed E-state index contributed by atoms with van der Waals surface area (Å²) < 4.78 is 3.87. The lowest BCUT2D eigenvalue weighted by atomic mass is 9.85. The second-order valence-corrected chi connectivity index (χ2v) is 5.63. The Morgan fingerprint density at radius 2 is 2.19 bits per heavy atom. The van der Waals surface area contributed by atoms with Gasteiger partial charge in [-0.25, -0.2) is 9.97 Å². The molecule has 0 aliphatic heterocycles. The summed E-state index contributed by atoms with van der Waals surface area (Å²) in [7, 11) is 1.92. The van der Waals surface area contributed by atoms with Gasteiger partial charge >= 0.3 is 0 Å². The van der Waals surface area contributed by atoms with Crippen LogP contribution < -0.4 is 5.32 Å². The average Bonchev–Trinajstić information content (AvgIpc) is 3.02. The zero-order chi connectivity index (χ0) is 14.2. The minimum Gasteiger partial charge on any atom is -0.321 e. The zero-order valence-electron chi connectivity index (χ0n) is 11.9. The molecule has 7 heteroatoms. The fourth-order valence-corrected chi connectivity index (χ4v) is 2.58. The second kappa shape index (κ2) is 4.83. The third-order valence-electron chi connectivity index (χ3n) is 4.01. The summed E-state index contributed by atoms with van der Waals surface area (Å²) in [5.41, 5.74) is 2.52. The van der Waals surface area contributed by atoms with Crippen molar-refractivity contribution in [1.29, 1.82) is 0 Å². The standard InChI is InChI=1S/C14H17N7/c1-20-9-16-12-6-15-14(19-13(12)20)18-11-5-17-21(8-11)7-10-3-2-4-10/h5-6,8-10H,2-4,7H2,1H3,(H,15,18,19). The minimum absolute atomic E-state index is 0.564. The van der Waals surface area contributed by atoms with Crippen LogP contribution in [0.5, 0.6) is 0 Å². The maximum absolute atomic E-state index is 4.47. The van der Waals surface area contributed by atoms with Gasteiger partial charge in [0, 0.05) is 19.8 Å². The van der Waals surface area contributed by atoms with Crippen LogP contribution in [0.15, 0.2) is 24.9 Å². The molecule has 4 rings (SSSR count). The summed E-state index contributed by atoms with van der Waals surface area (Å²) in [4.78, 5) is 13.0. The van der Waals surface area contributed by atoms with Gasteiger partial charge in [0.15, 0.2) is 5.65 Å². The molecule has 0 radical (unpaired) electrons. The second-order valence-electron chi connectivity index (χ2n) is 5.63. The van der Waals surface area contributed by atoms with E-state index in [1.54, 1.807) is 12.5 Å². The maximum atomic E-state index is 4.47. The van der Waals surface area contributed by atoms with Crippen molar-refractivity contribution in [2.75, 3.05) is 5.32 Å². The van der Waals surface area contributed by atoms with Crippen molar-refractivity contribution in [3.8, 4) is 0 Å². The Kier molecular flexibility index (Phi) is 2.83. The van der Waals surface area contributed by atoms with E-state index in [0.29, 0.717) is 5.95 Å². The molecular weight excluding hydrogens is 266 g/mol. The molecule has 3 aromatic heterocycles. The van der Waals surface area contributed by atoms with Crippen LogP contribution in [0.3, 0.4) is 0 Å². The molecule has 1 aliphatic carbocycles. The number of rotatable bonds is 4. The van der Waals surface area contributed by atoms with Gasteiger partial charge in [-0.3, -0.25) is 4.68 Å². The van der Waals surface area contributed by atoms with Gasteiger partial charge in [0.1, 0.15) is 5.52 Å². The predicted molar refractivity (Wildman–Crippen MR) is 79.2 cm³/mol. The van der Waals surface area contributed by atoms with Gasteiger partial charge in [0.05, 0.1) is 24.4 Å². The van der Waals surface area contributed by atoms with Gasteiger partial charge in [0.25, 0.3) is 0 Å². The van der Waals surface area contributed by atoms with E-state index >= 15 is 0 Å².